The van der Waals surface area contributed by atoms with Crippen LogP contribution in [0.3, 0.4) is 0 Å². The number of methoxy groups -OCH3 is 1. The van der Waals surface area contributed by atoms with Crippen molar-refractivity contribution in [3.8, 4) is 5.75 Å². The van der Waals surface area contributed by atoms with Gasteiger partial charge in [0.1, 0.15) is 11.6 Å². The van der Waals surface area contributed by atoms with Gasteiger partial charge in [-0.15, -0.1) is 5.10 Å². The van der Waals surface area contributed by atoms with E-state index in [-0.39, 0.29) is 23.6 Å². The number of H-pyrrole nitrogens is 1. The maximum atomic E-state index is 12.5. The fraction of sp³-hybridized carbons (Fsp3) is 0.261. The van der Waals surface area contributed by atoms with Crippen molar-refractivity contribution in [1.82, 2.24) is 20.5 Å². The number of rotatable bonds is 9. The lowest BCUT2D eigenvalue weighted by Crippen LogP contribution is -2.33. The molecular weight excluding hydrogens is 396 g/mol. The molecule has 0 bridgehead atoms. The van der Waals surface area contributed by atoms with Crippen molar-refractivity contribution in [2.75, 3.05) is 12.9 Å². The topological polar surface area (TPSA) is 79.9 Å². The summed E-state index contributed by atoms with van der Waals surface area (Å²) in [5, 5.41) is 10.7. The van der Waals surface area contributed by atoms with E-state index < -0.39 is 0 Å². The Kier molecular flexibility index (Phi) is 7.68. The average Bonchev–Trinajstić information content (AvgIpc) is 3.23. The predicted molar refractivity (Wildman–Crippen MR) is 121 cm³/mol. The first kappa shape index (κ1) is 21.6. The first-order valence-corrected chi connectivity index (χ1v) is 10.8. The van der Waals surface area contributed by atoms with Gasteiger partial charge in [-0.2, -0.15) is 0 Å². The van der Waals surface area contributed by atoms with Crippen molar-refractivity contribution < 1.29 is 9.53 Å². The first-order chi connectivity index (χ1) is 14.5. The van der Waals surface area contributed by atoms with Crippen molar-refractivity contribution in [1.29, 1.82) is 0 Å². The minimum absolute atomic E-state index is 0.0549. The summed E-state index contributed by atoms with van der Waals surface area (Å²) in [6.07, 6.45) is 3.83. The van der Waals surface area contributed by atoms with Gasteiger partial charge in [0, 0.05) is 0 Å². The Balaban J connectivity index is 1.54. The fourth-order valence-corrected chi connectivity index (χ4v) is 3.54. The molecule has 1 amide bonds. The van der Waals surface area contributed by atoms with Crippen LogP contribution in [-0.4, -0.2) is 34.0 Å². The number of carbonyl (C=O) groups is 1. The van der Waals surface area contributed by atoms with Crippen molar-refractivity contribution in [2.24, 2.45) is 5.92 Å². The summed E-state index contributed by atoms with van der Waals surface area (Å²) in [6.45, 7) is 4.17. The van der Waals surface area contributed by atoms with Gasteiger partial charge < -0.3 is 10.1 Å². The van der Waals surface area contributed by atoms with Gasteiger partial charge >= 0.3 is 0 Å². The number of aromatic nitrogens is 3. The molecule has 0 radical (unpaired) electrons. The quantitative estimate of drug-likeness (QED) is 0.493. The van der Waals surface area contributed by atoms with Gasteiger partial charge in [0.05, 0.1) is 18.9 Å². The first-order valence-electron chi connectivity index (χ1n) is 9.77. The second kappa shape index (κ2) is 10.6. The average molecular weight is 423 g/mol. The van der Waals surface area contributed by atoms with Crippen LogP contribution in [0, 0.1) is 5.92 Å². The molecule has 0 aliphatic heterocycles. The molecule has 6 nitrogen and oxygen atoms in total. The van der Waals surface area contributed by atoms with Crippen LogP contribution in [0.4, 0.5) is 0 Å². The number of nitrogens with one attached hydrogen (secondary N) is 2. The summed E-state index contributed by atoms with van der Waals surface area (Å²) in [5.74, 6) is 1.90. The standard InChI is InChI=1S/C23H26N4O2S/c1-16(2)22(18-10-12-19(29-3)13-11-18)25-21(28)15-30-23-24-20(26-27-23)14-9-17-7-5-4-6-8-17/h4-14,16,22H,15H2,1-3H3,(H,25,28)(H,24,26,27)/b14-9+. The highest BCUT2D eigenvalue weighted by Gasteiger charge is 2.19. The number of thioether (sulfide) groups is 1. The van der Waals surface area contributed by atoms with E-state index in [9.17, 15) is 4.79 Å². The number of aromatic amines is 1. The van der Waals surface area contributed by atoms with Crippen LogP contribution in [0.25, 0.3) is 12.2 Å². The molecule has 2 N–H and O–H groups in total. The van der Waals surface area contributed by atoms with E-state index >= 15 is 0 Å². The second-order valence-corrected chi connectivity index (χ2v) is 8.04. The van der Waals surface area contributed by atoms with E-state index in [0.717, 1.165) is 16.9 Å². The van der Waals surface area contributed by atoms with Crippen molar-refractivity contribution >= 4 is 29.8 Å². The van der Waals surface area contributed by atoms with E-state index in [1.54, 1.807) is 7.11 Å². The zero-order chi connectivity index (χ0) is 21.3. The minimum atomic E-state index is -0.0690. The molecule has 2 aromatic carbocycles. The van der Waals surface area contributed by atoms with Crippen LogP contribution in [0.15, 0.2) is 59.8 Å². The molecule has 1 atom stereocenters. The molecule has 1 aromatic heterocycles. The highest BCUT2D eigenvalue weighted by atomic mass is 32.2. The number of amides is 1. The van der Waals surface area contributed by atoms with Gasteiger partial charge in [0.15, 0.2) is 0 Å². The van der Waals surface area contributed by atoms with E-state index in [0.29, 0.717) is 11.0 Å². The van der Waals surface area contributed by atoms with Crippen molar-refractivity contribution in [3.63, 3.8) is 0 Å². The molecule has 30 heavy (non-hydrogen) atoms. The highest BCUT2D eigenvalue weighted by molar-refractivity contribution is 7.99. The van der Waals surface area contributed by atoms with Gasteiger partial charge in [-0.1, -0.05) is 74.1 Å². The number of hydrogen-bond acceptors (Lipinski definition) is 5. The number of benzene rings is 2. The monoisotopic (exact) mass is 422 g/mol. The van der Waals surface area contributed by atoms with E-state index in [1.165, 1.54) is 11.8 Å². The minimum Gasteiger partial charge on any atom is -0.497 e. The van der Waals surface area contributed by atoms with Crippen LogP contribution in [-0.2, 0) is 4.79 Å². The lowest BCUT2D eigenvalue weighted by Gasteiger charge is -2.23. The normalized spacial score (nSPS) is 12.3. The van der Waals surface area contributed by atoms with Crippen molar-refractivity contribution in [3.05, 3.63) is 71.5 Å². The van der Waals surface area contributed by atoms with Gasteiger partial charge in [0.2, 0.25) is 11.1 Å². The third-order valence-electron chi connectivity index (χ3n) is 4.51. The molecule has 0 saturated heterocycles. The SMILES string of the molecule is COc1ccc(C(NC(=O)CSc2n[nH]c(/C=C/c3ccccc3)n2)C(C)C)cc1. The summed E-state index contributed by atoms with van der Waals surface area (Å²) in [5.41, 5.74) is 2.14. The molecule has 0 aliphatic carbocycles. The summed E-state index contributed by atoms with van der Waals surface area (Å²) in [4.78, 5) is 16.9. The van der Waals surface area contributed by atoms with Gasteiger partial charge in [-0.25, -0.2) is 4.98 Å². The van der Waals surface area contributed by atoms with Gasteiger partial charge in [-0.3, -0.25) is 9.89 Å². The number of carbonyl (C=O) groups excluding carboxylic acids is 1. The summed E-state index contributed by atoms with van der Waals surface area (Å²) in [6, 6.07) is 17.7. The maximum absolute atomic E-state index is 12.5. The number of hydrogen-bond donors (Lipinski definition) is 2. The van der Waals surface area contributed by atoms with Crippen LogP contribution >= 0.6 is 11.8 Å². The Morgan fingerprint density at radius 3 is 2.53 bits per heavy atom. The fourth-order valence-electron chi connectivity index (χ4n) is 2.93. The molecule has 1 unspecified atom stereocenters. The lowest BCUT2D eigenvalue weighted by molar-refractivity contribution is -0.119. The Labute approximate surface area is 181 Å². The van der Waals surface area contributed by atoms with Gasteiger partial charge in [-0.05, 0) is 35.3 Å². The molecule has 1 heterocycles. The summed E-state index contributed by atoms with van der Waals surface area (Å²) < 4.78 is 5.21. The van der Waals surface area contributed by atoms with Gasteiger partial charge in [0.25, 0.3) is 0 Å². The third-order valence-corrected chi connectivity index (χ3v) is 5.35. The maximum Gasteiger partial charge on any atom is 0.230 e. The Hall–Kier alpha value is -3.06. The van der Waals surface area contributed by atoms with E-state index in [4.69, 9.17) is 4.74 Å². The molecule has 0 saturated carbocycles. The predicted octanol–water partition coefficient (Wildman–Crippen LogP) is 4.59. The Morgan fingerprint density at radius 1 is 1.13 bits per heavy atom. The van der Waals surface area contributed by atoms with Crippen LogP contribution in [0.2, 0.25) is 0 Å². The van der Waals surface area contributed by atoms with Crippen LogP contribution in [0.1, 0.15) is 36.8 Å². The summed E-state index contributed by atoms with van der Waals surface area (Å²) >= 11 is 1.31. The molecule has 7 heteroatoms. The Morgan fingerprint density at radius 2 is 1.87 bits per heavy atom. The molecule has 3 aromatic rings. The third kappa shape index (κ3) is 6.22. The lowest BCUT2D eigenvalue weighted by atomic mass is 9.96. The molecule has 156 valence electrons. The van der Waals surface area contributed by atoms with E-state index in [2.05, 4.69) is 34.3 Å². The molecule has 0 aliphatic rings. The zero-order valence-electron chi connectivity index (χ0n) is 17.3. The van der Waals surface area contributed by atoms with Crippen LogP contribution < -0.4 is 10.1 Å². The number of ether oxygens (including phenoxy) is 1. The zero-order valence-corrected chi connectivity index (χ0v) is 18.1. The molecular formula is C23H26N4O2S. The Bertz CT molecular complexity index is 968. The second-order valence-electron chi connectivity index (χ2n) is 7.10. The van der Waals surface area contributed by atoms with E-state index in [1.807, 2.05) is 66.7 Å². The van der Waals surface area contributed by atoms with Crippen LogP contribution in [0.5, 0.6) is 5.75 Å². The smallest absolute Gasteiger partial charge is 0.230 e. The largest absolute Gasteiger partial charge is 0.497 e. The molecule has 0 fully saturated rings. The molecule has 3 rings (SSSR count). The van der Waals surface area contributed by atoms with Crippen molar-refractivity contribution in [2.45, 2.75) is 25.0 Å². The highest BCUT2D eigenvalue weighted by Crippen LogP contribution is 2.24. The molecule has 0 spiro atoms. The summed E-state index contributed by atoms with van der Waals surface area (Å²) in [7, 11) is 1.64. The number of nitrogens with zero attached hydrogens (tertiary/aromatic N) is 2.